The molecule has 1 heterocycles. The van der Waals surface area contributed by atoms with Gasteiger partial charge in [-0.25, -0.2) is 4.79 Å². The lowest BCUT2D eigenvalue weighted by molar-refractivity contribution is 0.0519. The number of carbonyl (C=O) groups is 1. The Labute approximate surface area is 112 Å². The highest BCUT2D eigenvalue weighted by Crippen LogP contribution is 2.27. The molecule has 0 spiro atoms. The first-order valence-corrected chi connectivity index (χ1v) is 6.32. The molecule has 0 amide bonds. The summed E-state index contributed by atoms with van der Waals surface area (Å²) in [7, 11) is 1.92. The summed E-state index contributed by atoms with van der Waals surface area (Å²) in [6, 6.07) is 7.64. The molecular formula is C14H17N3O2. The van der Waals surface area contributed by atoms with Gasteiger partial charge < -0.3 is 9.64 Å². The molecule has 1 aromatic heterocycles. The molecule has 100 valence electrons. The zero-order valence-electron chi connectivity index (χ0n) is 11.4. The fraction of sp³-hybridized carbons (Fsp3) is 0.357. The number of anilines is 1. The topological polar surface area (TPSA) is 55.3 Å². The van der Waals surface area contributed by atoms with Gasteiger partial charge in [0, 0.05) is 19.0 Å². The average molecular weight is 259 g/mol. The lowest BCUT2D eigenvalue weighted by Crippen LogP contribution is -2.22. The van der Waals surface area contributed by atoms with E-state index in [-0.39, 0.29) is 5.69 Å². The molecule has 5 heteroatoms. The van der Waals surface area contributed by atoms with Crippen LogP contribution in [0.15, 0.2) is 24.3 Å². The highest BCUT2D eigenvalue weighted by Gasteiger charge is 2.20. The van der Waals surface area contributed by atoms with E-state index in [9.17, 15) is 4.79 Å². The first-order chi connectivity index (χ1) is 9.19. The van der Waals surface area contributed by atoms with Crippen LogP contribution in [0.3, 0.4) is 0 Å². The molecule has 0 atom stereocenters. The van der Waals surface area contributed by atoms with Gasteiger partial charge >= 0.3 is 5.97 Å². The predicted octanol–water partition coefficient (Wildman–Crippen LogP) is 2.26. The summed E-state index contributed by atoms with van der Waals surface area (Å²) in [5.74, 6) is -0.434. The average Bonchev–Trinajstić information content (AvgIpc) is 2.45. The third-order valence-electron chi connectivity index (χ3n) is 2.97. The number of hydrogen-bond acceptors (Lipinski definition) is 5. The smallest absolute Gasteiger partial charge is 0.361 e. The van der Waals surface area contributed by atoms with Crippen molar-refractivity contribution in [3.05, 3.63) is 30.0 Å². The van der Waals surface area contributed by atoms with Crippen LogP contribution in [0.1, 0.15) is 24.3 Å². The van der Waals surface area contributed by atoms with E-state index in [4.69, 9.17) is 4.74 Å². The fourth-order valence-electron chi connectivity index (χ4n) is 1.92. The SMILES string of the molecule is CCOC(=O)c1nnc2ccccc2c1N(C)CC. The molecule has 19 heavy (non-hydrogen) atoms. The molecule has 2 rings (SSSR count). The van der Waals surface area contributed by atoms with E-state index >= 15 is 0 Å². The van der Waals surface area contributed by atoms with Gasteiger partial charge in [0.05, 0.1) is 17.8 Å². The standard InChI is InChI=1S/C14H17N3O2/c1-4-17(3)13-10-8-6-7-9-11(10)15-16-12(13)14(18)19-5-2/h6-9H,4-5H2,1-3H3. The molecule has 5 nitrogen and oxygen atoms in total. The van der Waals surface area contributed by atoms with E-state index in [2.05, 4.69) is 10.2 Å². The van der Waals surface area contributed by atoms with Crippen molar-refractivity contribution in [2.45, 2.75) is 13.8 Å². The van der Waals surface area contributed by atoms with Crippen molar-refractivity contribution < 1.29 is 9.53 Å². The van der Waals surface area contributed by atoms with E-state index < -0.39 is 5.97 Å². The highest BCUT2D eigenvalue weighted by molar-refractivity contribution is 6.03. The summed E-state index contributed by atoms with van der Waals surface area (Å²) in [4.78, 5) is 14.0. The maximum absolute atomic E-state index is 12.0. The van der Waals surface area contributed by atoms with Crippen LogP contribution >= 0.6 is 0 Å². The summed E-state index contributed by atoms with van der Waals surface area (Å²) in [5, 5.41) is 9.02. The van der Waals surface area contributed by atoms with Crippen LogP contribution in [0, 0.1) is 0 Å². The van der Waals surface area contributed by atoms with Crippen molar-refractivity contribution in [1.29, 1.82) is 0 Å². The van der Waals surface area contributed by atoms with E-state index in [1.165, 1.54) is 0 Å². The molecule has 0 aliphatic heterocycles. The van der Waals surface area contributed by atoms with E-state index in [1.807, 2.05) is 43.1 Å². The van der Waals surface area contributed by atoms with Crippen LogP contribution < -0.4 is 4.90 Å². The first-order valence-electron chi connectivity index (χ1n) is 6.32. The number of benzene rings is 1. The van der Waals surface area contributed by atoms with Crippen molar-refractivity contribution in [2.75, 3.05) is 25.1 Å². The van der Waals surface area contributed by atoms with Gasteiger partial charge in [0.25, 0.3) is 0 Å². The van der Waals surface area contributed by atoms with Gasteiger partial charge in [-0.1, -0.05) is 18.2 Å². The highest BCUT2D eigenvalue weighted by atomic mass is 16.5. The molecular weight excluding hydrogens is 242 g/mol. The van der Waals surface area contributed by atoms with Gasteiger partial charge in [0.2, 0.25) is 0 Å². The molecule has 0 saturated carbocycles. The van der Waals surface area contributed by atoms with Crippen LogP contribution in [0.5, 0.6) is 0 Å². The maximum atomic E-state index is 12.0. The van der Waals surface area contributed by atoms with E-state index in [0.717, 1.165) is 23.1 Å². The largest absolute Gasteiger partial charge is 0.461 e. The number of ether oxygens (including phenoxy) is 1. The number of carbonyl (C=O) groups excluding carboxylic acids is 1. The normalized spacial score (nSPS) is 10.5. The van der Waals surface area contributed by atoms with Crippen LogP contribution in [-0.4, -0.2) is 36.4 Å². The minimum atomic E-state index is -0.434. The third-order valence-corrected chi connectivity index (χ3v) is 2.97. The Morgan fingerprint density at radius 1 is 1.26 bits per heavy atom. The van der Waals surface area contributed by atoms with Crippen LogP contribution in [0.4, 0.5) is 5.69 Å². The van der Waals surface area contributed by atoms with Crippen LogP contribution in [0.2, 0.25) is 0 Å². The second kappa shape index (κ2) is 5.65. The quantitative estimate of drug-likeness (QED) is 0.788. The number of rotatable bonds is 4. The first kappa shape index (κ1) is 13.3. The molecule has 0 aliphatic rings. The molecule has 0 saturated heterocycles. The summed E-state index contributed by atoms with van der Waals surface area (Å²) in [6.07, 6.45) is 0. The number of nitrogens with zero attached hydrogens (tertiary/aromatic N) is 3. The van der Waals surface area contributed by atoms with Gasteiger partial charge in [-0.15, -0.1) is 10.2 Å². The fourth-order valence-corrected chi connectivity index (χ4v) is 1.92. The number of esters is 1. The Hall–Kier alpha value is -2.17. The zero-order chi connectivity index (χ0) is 13.8. The Morgan fingerprint density at radius 3 is 2.68 bits per heavy atom. The predicted molar refractivity (Wildman–Crippen MR) is 74.4 cm³/mol. The molecule has 0 unspecified atom stereocenters. The van der Waals surface area contributed by atoms with Crippen molar-refractivity contribution in [1.82, 2.24) is 10.2 Å². The lowest BCUT2D eigenvalue weighted by atomic mass is 10.1. The van der Waals surface area contributed by atoms with E-state index in [1.54, 1.807) is 6.92 Å². The zero-order valence-corrected chi connectivity index (χ0v) is 11.4. The Bertz CT molecular complexity index is 598. The second-order valence-corrected chi connectivity index (χ2v) is 4.15. The van der Waals surface area contributed by atoms with Gasteiger partial charge in [0.1, 0.15) is 0 Å². The van der Waals surface area contributed by atoms with E-state index in [0.29, 0.717) is 6.61 Å². The minimum Gasteiger partial charge on any atom is -0.461 e. The summed E-state index contributed by atoms with van der Waals surface area (Å²) >= 11 is 0. The van der Waals surface area contributed by atoms with Crippen molar-refractivity contribution >= 4 is 22.6 Å². The molecule has 0 fully saturated rings. The number of hydrogen-bond donors (Lipinski definition) is 0. The molecule has 0 radical (unpaired) electrons. The van der Waals surface area contributed by atoms with Gasteiger partial charge in [-0.2, -0.15) is 0 Å². The lowest BCUT2D eigenvalue weighted by Gasteiger charge is -2.20. The van der Waals surface area contributed by atoms with Gasteiger partial charge in [-0.3, -0.25) is 0 Å². The van der Waals surface area contributed by atoms with Crippen molar-refractivity contribution in [2.24, 2.45) is 0 Å². The monoisotopic (exact) mass is 259 g/mol. The summed E-state index contributed by atoms with van der Waals surface area (Å²) < 4.78 is 5.04. The van der Waals surface area contributed by atoms with Gasteiger partial charge in [0.15, 0.2) is 5.69 Å². The Morgan fingerprint density at radius 2 is 2.00 bits per heavy atom. The Balaban J connectivity index is 2.66. The summed E-state index contributed by atoms with van der Waals surface area (Å²) in [6.45, 7) is 4.88. The molecule has 0 N–H and O–H groups in total. The molecule has 1 aromatic carbocycles. The number of aromatic nitrogens is 2. The summed E-state index contributed by atoms with van der Waals surface area (Å²) in [5.41, 5.74) is 1.81. The molecule has 2 aromatic rings. The Kier molecular flexibility index (Phi) is 3.94. The van der Waals surface area contributed by atoms with Crippen molar-refractivity contribution in [3.63, 3.8) is 0 Å². The van der Waals surface area contributed by atoms with Crippen LogP contribution in [-0.2, 0) is 4.74 Å². The van der Waals surface area contributed by atoms with Gasteiger partial charge in [-0.05, 0) is 19.9 Å². The number of fused-ring (bicyclic) bond motifs is 1. The molecule has 0 aliphatic carbocycles. The molecule has 0 bridgehead atoms. The third kappa shape index (κ3) is 2.50. The second-order valence-electron chi connectivity index (χ2n) is 4.15. The van der Waals surface area contributed by atoms with Crippen LogP contribution in [0.25, 0.3) is 10.9 Å². The maximum Gasteiger partial charge on any atom is 0.361 e. The minimum absolute atomic E-state index is 0.268. The van der Waals surface area contributed by atoms with Crippen molar-refractivity contribution in [3.8, 4) is 0 Å².